The molecule has 6 nitrogen and oxygen atoms in total. The number of carboxylic acid groups (broad SMARTS) is 1. The van der Waals surface area contributed by atoms with Gasteiger partial charge in [0.1, 0.15) is 6.54 Å². The molecule has 1 N–H and O–H groups in total. The fraction of sp³-hybridized carbons (Fsp3) is 0.545. The van der Waals surface area contributed by atoms with Gasteiger partial charge in [-0.25, -0.2) is 0 Å². The quantitative estimate of drug-likeness (QED) is 0.819. The lowest BCUT2D eigenvalue weighted by atomic mass is 10.1. The first-order chi connectivity index (χ1) is 8.16. The molecule has 1 saturated heterocycles. The van der Waals surface area contributed by atoms with Crippen LogP contribution in [0.5, 0.6) is 0 Å². The topological polar surface area (TPSA) is 75.4 Å². The highest BCUT2D eigenvalue weighted by Gasteiger charge is 2.30. The van der Waals surface area contributed by atoms with Crippen LogP contribution in [0.4, 0.5) is 0 Å². The molecule has 1 aliphatic rings. The Hall–Kier alpha value is -1.85. The van der Waals surface area contributed by atoms with Crippen molar-refractivity contribution in [3.8, 4) is 0 Å². The largest absolute Gasteiger partial charge is 0.481 e. The van der Waals surface area contributed by atoms with Crippen LogP contribution in [0.1, 0.15) is 19.3 Å². The number of amides is 1. The Bertz CT molecular complexity index is 402. The average Bonchev–Trinajstić information content (AvgIpc) is 2.87. The zero-order chi connectivity index (χ0) is 12.3. The molecule has 1 atom stereocenters. The molecule has 1 amide bonds. The predicted molar refractivity (Wildman–Crippen MR) is 59.2 cm³/mol. The lowest BCUT2D eigenvalue weighted by Gasteiger charge is -2.23. The van der Waals surface area contributed by atoms with Crippen molar-refractivity contribution >= 4 is 11.9 Å². The number of likely N-dealkylation sites (tertiary alicyclic amines) is 1. The maximum Gasteiger partial charge on any atom is 0.305 e. The van der Waals surface area contributed by atoms with E-state index in [1.807, 2.05) is 0 Å². The molecule has 1 unspecified atom stereocenters. The fourth-order valence-electron chi connectivity index (χ4n) is 2.20. The van der Waals surface area contributed by atoms with Gasteiger partial charge in [-0.3, -0.25) is 14.3 Å². The summed E-state index contributed by atoms with van der Waals surface area (Å²) in [5, 5.41) is 12.7. The lowest BCUT2D eigenvalue weighted by molar-refractivity contribution is -0.140. The molecule has 1 fully saturated rings. The van der Waals surface area contributed by atoms with Crippen molar-refractivity contribution in [2.45, 2.75) is 31.8 Å². The van der Waals surface area contributed by atoms with Crippen LogP contribution in [0.2, 0.25) is 0 Å². The third kappa shape index (κ3) is 2.83. The molecule has 2 heterocycles. The minimum atomic E-state index is -0.853. The van der Waals surface area contributed by atoms with Crippen LogP contribution < -0.4 is 0 Å². The normalized spacial score (nSPS) is 19.5. The molecule has 1 aliphatic heterocycles. The molecule has 6 heteroatoms. The minimum absolute atomic E-state index is 0.0326. The van der Waals surface area contributed by atoms with Crippen molar-refractivity contribution in [3.05, 3.63) is 18.5 Å². The van der Waals surface area contributed by atoms with Crippen molar-refractivity contribution in [3.63, 3.8) is 0 Å². The predicted octanol–water partition coefficient (Wildman–Crippen LogP) is 0.349. The van der Waals surface area contributed by atoms with Crippen LogP contribution in [0.15, 0.2) is 18.5 Å². The first kappa shape index (κ1) is 11.6. The van der Waals surface area contributed by atoms with Gasteiger partial charge in [0.25, 0.3) is 0 Å². The molecule has 17 heavy (non-hydrogen) atoms. The second kappa shape index (κ2) is 4.99. The summed E-state index contributed by atoms with van der Waals surface area (Å²) in [5.41, 5.74) is 0. The Morgan fingerprint density at radius 1 is 1.47 bits per heavy atom. The Morgan fingerprint density at radius 3 is 2.94 bits per heavy atom. The van der Waals surface area contributed by atoms with Crippen LogP contribution >= 0.6 is 0 Å². The lowest BCUT2D eigenvalue weighted by Crippen LogP contribution is -2.38. The van der Waals surface area contributed by atoms with Gasteiger partial charge >= 0.3 is 5.97 Å². The van der Waals surface area contributed by atoms with Gasteiger partial charge in [0, 0.05) is 25.0 Å². The molecule has 92 valence electrons. The van der Waals surface area contributed by atoms with Gasteiger partial charge in [0.15, 0.2) is 0 Å². The second-order valence-corrected chi connectivity index (χ2v) is 4.18. The standard InChI is InChI=1S/C11H15N3O3/c15-10(8-13-5-2-4-12-13)14-6-1-3-9(14)7-11(16)17/h2,4-5,9H,1,3,6-8H2,(H,16,17). The summed E-state index contributed by atoms with van der Waals surface area (Å²) < 4.78 is 1.55. The van der Waals surface area contributed by atoms with Crippen molar-refractivity contribution in [2.24, 2.45) is 0 Å². The summed E-state index contributed by atoms with van der Waals surface area (Å²) in [6, 6.07) is 1.60. The highest BCUT2D eigenvalue weighted by atomic mass is 16.4. The third-order valence-corrected chi connectivity index (χ3v) is 2.96. The third-order valence-electron chi connectivity index (χ3n) is 2.96. The van der Waals surface area contributed by atoms with Gasteiger partial charge in [-0.15, -0.1) is 0 Å². The molecular weight excluding hydrogens is 222 g/mol. The number of hydrogen-bond donors (Lipinski definition) is 1. The van der Waals surface area contributed by atoms with Crippen molar-refractivity contribution < 1.29 is 14.7 Å². The molecule has 1 aromatic rings. The van der Waals surface area contributed by atoms with E-state index in [-0.39, 0.29) is 24.9 Å². The Balaban J connectivity index is 1.96. The van der Waals surface area contributed by atoms with E-state index in [1.165, 1.54) is 0 Å². The fourth-order valence-corrected chi connectivity index (χ4v) is 2.20. The van der Waals surface area contributed by atoms with Crippen molar-refractivity contribution in [1.82, 2.24) is 14.7 Å². The van der Waals surface area contributed by atoms with E-state index in [2.05, 4.69) is 5.10 Å². The van der Waals surface area contributed by atoms with E-state index in [4.69, 9.17) is 5.11 Å². The van der Waals surface area contributed by atoms with E-state index >= 15 is 0 Å². The van der Waals surface area contributed by atoms with Crippen molar-refractivity contribution in [1.29, 1.82) is 0 Å². The molecule has 2 rings (SSSR count). The van der Waals surface area contributed by atoms with Crippen LogP contribution in [-0.4, -0.2) is 44.3 Å². The monoisotopic (exact) mass is 237 g/mol. The van der Waals surface area contributed by atoms with Gasteiger partial charge < -0.3 is 10.0 Å². The second-order valence-electron chi connectivity index (χ2n) is 4.18. The number of nitrogens with zero attached hydrogens (tertiary/aromatic N) is 3. The zero-order valence-corrected chi connectivity index (χ0v) is 9.45. The summed E-state index contributed by atoms with van der Waals surface area (Å²) >= 11 is 0. The SMILES string of the molecule is O=C(O)CC1CCCN1C(=O)Cn1cccn1. The van der Waals surface area contributed by atoms with Crippen LogP contribution in [0, 0.1) is 0 Å². The summed E-state index contributed by atoms with van der Waals surface area (Å²) in [4.78, 5) is 24.3. The Kier molecular flexibility index (Phi) is 3.41. The number of carboxylic acids is 1. The number of carbonyl (C=O) groups excluding carboxylic acids is 1. The summed E-state index contributed by atoms with van der Waals surface area (Å²) in [7, 11) is 0. The number of hydrogen-bond acceptors (Lipinski definition) is 3. The molecule has 1 aromatic heterocycles. The zero-order valence-electron chi connectivity index (χ0n) is 9.45. The highest BCUT2D eigenvalue weighted by molar-refractivity contribution is 5.77. The maximum atomic E-state index is 12.0. The van der Waals surface area contributed by atoms with Gasteiger partial charge in [0.05, 0.1) is 6.42 Å². The summed E-state index contributed by atoms with van der Waals surface area (Å²) in [6.07, 6.45) is 5.02. The van der Waals surface area contributed by atoms with Crippen LogP contribution in [0.25, 0.3) is 0 Å². The van der Waals surface area contributed by atoms with Gasteiger partial charge in [-0.1, -0.05) is 0 Å². The molecule has 0 bridgehead atoms. The van der Waals surface area contributed by atoms with Crippen molar-refractivity contribution in [2.75, 3.05) is 6.54 Å². The molecular formula is C11H15N3O3. The molecule has 0 spiro atoms. The molecule has 0 radical (unpaired) electrons. The number of aromatic nitrogens is 2. The molecule has 0 aliphatic carbocycles. The van der Waals surface area contributed by atoms with Crippen LogP contribution in [0.3, 0.4) is 0 Å². The van der Waals surface area contributed by atoms with Gasteiger partial charge in [0.2, 0.25) is 5.91 Å². The number of aliphatic carboxylic acids is 1. The van der Waals surface area contributed by atoms with E-state index in [0.717, 1.165) is 12.8 Å². The number of rotatable bonds is 4. The van der Waals surface area contributed by atoms with Gasteiger partial charge in [-0.2, -0.15) is 5.10 Å². The van der Waals surface area contributed by atoms with E-state index in [1.54, 1.807) is 28.0 Å². The minimum Gasteiger partial charge on any atom is -0.481 e. The number of carbonyl (C=O) groups is 2. The molecule has 0 saturated carbocycles. The Labute approximate surface area is 98.8 Å². The Morgan fingerprint density at radius 2 is 2.29 bits per heavy atom. The maximum absolute atomic E-state index is 12.0. The van der Waals surface area contributed by atoms with E-state index in [9.17, 15) is 9.59 Å². The van der Waals surface area contributed by atoms with E-state index < -0.39 is 5.97 Å². The van der Waals surface area contributed by atoms with Crippen LogP contribution in [-0.2, 0) is 16.1 Å². The first-order valence-electron chi connectivity index (χ1n) is 5.65. The van der Waals surface area contributed by atoms with E-state index in [0.29, 0.717) is 6.54 Å². The highest BCUT2D eigenvalue weighted by Crippen LogP contribution is 2.20. The first-order valence-corrected chi connectivity index (χ1v) is 5.65. The summed E-state index contributed by atoms with van der Waals surface area (Å²) in [6.45, 7) is 0.834. The molecule has 0 aromatic carbocycles. The average molecular weight is 237 g/mol. The smallest absolute Gasteiger partial charge is 0.305 e. The van der Waals surface area contributed by atoms with Gasteiger partial charge in [-0.05, 0) is 18.9 Å². The summed E-state index contributed by atoms with van der Waals surface area (Å²) in [5.74, 6) is -0.911.